The van der Waals surface area contributed by atoms with Crippen LogP contribution in [0.25, 0.3) is 0 Å². The molecular formula is C34H60O7Si2. The van der Waals surface area contributed by atoms with Gasteiger partial charge in [-0.25, -0.2) is 0 Å². The van der Waals surface area contributed by atoms with E-state index in [2.05, 4.69) is 88.2 Å². The molecule has 1 saturated heterocycles. The van der Waals surface area contributed by atoms with Gasteiger partial charge in [0.25, 0.3) is 0 Å². The number of benzene rings is 1. The molecule has 0 bridgehead atoms. The summed E-state index contributed by atoms with van der Waals surface area (Å²) in [4.78, 5) is 12.1. The Morgan fingerprint density at radius 3 is 2.05 bits per heavy atom. The molecule has 246 valence electrons. The van der Waals surface area contributed by atoms with Crippen molar-refractivity contribution in [1.82, 2.24) is 0 Å². The van der Waals surface area contributed by atoms with Gasteiger partial charge < -0.3 is 33.0 Å². The number of carbonyl (C=O) groups is 1. The van der Waals surface area contributed by atoms with E-state index in [-0.39, 0.29) is 28.7 Å². The molecule has 1 N–H and O–H groups in total. The topological polar surface area (TPSA) is 86.8 Å². The van der Waals surface area contributed by atoms with Crippen molar-refractivity contribution in [2.45, 2.75) is 122 Å². The Bertz CT molecular complexity index is 1040. The lowest BCUT2D eigenvalue weighted by molar-refractivity contribution is -0.116. The molecule has 0 unspecified atom stereocenters. The molecule has 0 spiro atoms. The van der Waals surface area contributed by atoms with Crippen LogP contribution in [0, 0.1) is 17.8 Å². The average Bonchev–Trinajstić information content (AvgIpc) is 3.60. The number of ether oxygens (including phenoxy) is 3. The van der Waals surface area contributed by atoms with Gasteiger partial charge in [0.2, 0.25) is 0 Å². The van der Waals surface area contributed by atoms with Gasteiger partial charge in [-0.3, -0.25) is 0 Å². The summed E-state index contributed by atoms with van der Waals surface area (Å²) >= 11 is 0. The highest BCUT2D eigenvalue weighted by molar-refractivity contribution is 6.74. The summed E-state index contributed by atoms with van der Waals surface area (Å²) in [7, 11) is -2.87. The highest BCUT2D eigenvalue weighted by Gasteiger charge is 2.64. The van der Waals surface area contributed by atoms with Crippen LogP contribution in [-0.2, 0) is 29.7 Å². The highest BCUT2D eigenvalue weighted by atomic mass is 28.4. The van der Waals surface area contributed by atoms with Gasteiger partial charge in [0.15, 0.2) is 16.6 Å². The fourth-order valence-corrected chi connectivity index (χ4v) is 7.33. The first-order chi connectivity index (χ1) is 19.6. The van der Waals surface area contributed by atoms with Gasteiger partial charge >= 0.3 is 0 Å². The molecule has 1 heterocycles. The number of rotatable bonds is 17. The van der Waals surface area contributed by atoms with Crippen LogP contribution in [0.5, 0.6) is 5.75 Å². The SMILES string of the molecule is C=C[C@@H](C=O)[C@@H](O)[C@H](CO[Si](C)(C)C(C)(C)C)[C@H](O[Si](C)(C)C(C)(C)C)[C@@]1(C)O[C@@H]1[C@@H](C)COCc1ccc(OC)cc1. The molecule has 1 aliphatic heterocycles. The number of aliphatic hydroxyl groups is 1. The normalized spacial score (nSPS) is 23.2. The Morgan fingerprint density at radius 2 is 1.58 bits per heavy atom. The molecule has 7 nitrogen and oxygen atoms in total. The Labute approximate surface area is 263 Å². The van der Waals surface area contributed by atoms with Crippen LogP contribution in [0.2, 0.25) is 36.3 Å². The van der Waals surface area contributed by atoms with Crippen LogP contribution in [0.4, 0.5) is 0 Å². The van der Waals surface area contributed by atoms with Crippen LogP contribution < -0.4 is 4.74 Å². The second kappa shape index (κ2) is 14.4. The van der Waals surface area contributed by atoms with E-state index in [1.54, 1.807) is 7.11 Å². The minimum Gasteiger partial charge on any atom is -0.497 e. The van der Waals surface area contributed by atoms with Gasteiger partial charge in [-0.2, -0.15) is 0 Å². The van der Waals surface area contributed by atoms with E-state index in [4.69, 9.17) is 23.1 Å². The molecule has 0 radical (unpaired) electrons. The number of carbonyl (C=O) groups excluding carboxylic acids is 1. The largest absolute Gasteiger partial charge is 0.497 e. The number of aliphatic hydroxyl groups excluding tert-OH is 1. The molecule has 1 fully saturated rings. The van der Waals surface area contributed by atoms with Crippen molar-refractivity contribution in [3.05, 3.63) is 42.5 Å². The second-order valence-corrected chi connectivity index (χ2v) is 25.1. The Morgan fingerprint density at radius 1 is 1.02 bits per heavy atom. The Hall–Kier alpha value is -1.34. The molecular weight excluding hydrogens is 577 g/mol. The van der Waals surface area contributed by atoms with Crippen molar-refractivity contribution in [3.63, 3.8) is 0 Å². The van der Waals surface area contributed by atoms with Crippen LogP contribution >= 0.6 is 0 Å². The molecule has 7 atom stereocenters. The molecule has 9 heteroatoms. The maximum atomic E-state index is 12.1. The second-order valence-electron chi connectivity index (χ2n) is 15.5. The number of hydrogen-bond acceptors (Lipinski definition) is 7. The van der Waals surface area contributed by atoms with Crippen molar-refractivity contribution in [1.29, 1.82) is 0 Å². The third kappa shape index (κ3) is 9.34. The lowest BCUT2D eigenvalue weighted by atomic mass is 9.80. The van der Waals surface area contributed by atoms with Crippen molar-refractivity contribution < 1.29 is 33.0 Å². The molecule has 0 aliphatic carbocycles. The minimum atomic E-state index is -2.35. The summed E-state index contributed by atoms with van der Waals surface area (Å²) in [5.74, 6) is -0.354. The summed E-state index contributed by atoms with van der Waals surface area (Å²) in [6, 6.07) is 7.86. The number of aldehydes is 1. The van der Waals surface area contributed by atoms with E-state index in [1.807, 2.05) is 24.3 Å². The smallest absolute Gasteiger partial charge is 0.192 e. The van der Waals surface area contributed by atoms with Crippen LogP contribution in [0.3, 0.4) is 0 Å². The maximum Gasteiger partial charge on any atom is 0.192 e. The Kier molecular flexibility index (Phi) is 12.7. The summed E-state index contributed by atoms with van der Waals surface area (Å²) in [5, 5.41) is 11.7. The first kappa shape index (κ1) is 37.8. The first-order valence-corrected chi connectivity index (χ1v) is 21.4. The van der Waals surface area contributed by atoms with Crippen molar-refractivity contribution >= 4 is 22.9 Å². The minimum absolute atomic E-state index is 0.0148. The van der Waals surface area contributed by atoms with E-state index in [0.29, 0.717) is 13.2 Å². The van der Waals surface area contributed by atoms with E-state index in [9.17, 15) is 9.90 Å². The molecule has 1 aromatic carbocycles. The molecule has 2 rings (SSSR count). The van der Waals surface area contributed by atoms with Gasteiger partial charge in [0.05, 0.1) is 44.6 Å². The lowest BCUT2D eigenvalue weighted by Gasteiger charge is -2.45. The number of methoxy groups -OCH3 is 1. The molecule has 0 amide bonds. The van der Waals surface area contributed by atoms with Crippen LogP contribution in [0.1, 0.15) is 61.0 Å². The van der Waals surface area contributed by atoms with Crippen molar-refractivity contribution in [2.75, 3.05) is 20.3 Å². The summed E-state index contributed by atoms with van der Waals surface area (Å²) in [6.07, 6.45) is 0.620. The first-order valence-electron chi connectivity index (χ1n) is 15.6. The Balaban J connectivity index is 2.38. The van der Waals surface area contributed by atoms with E-state index < -0.39 is 46.3 Å². The van der Waals surface area contributed by atoms with Crippen molar-refractivity contribution in [3.8, 4) is 5.75 Å². The van der Waals surface area contributed by atoms with Crippen molar-refractivity contribution in [2.24, 2.45) is 17.8 Å². The third-order valence-electron chi connectivity index (χ3n) is 10.1. The summed E-state index contributed by atoms with van der Waals surface area (Å²) in [5.41, 5.74) is 0.386. The third-order valence-corrected chi connectivity index (χ3v) is 19.1. The zero-order chi connectivity index (χ0) is 33.0. The van der Waals surface area contributed by atoms with Crippen LogP contribution in [0.15, 0.2) is 36.9 Å². The molecule has 0 saturated carbocycles. The molecule has 0 aromatic heterocycles. The quantitative estimate of drug-likeness (QED) is 0.0826. The molecule has 1 aliphatic rings. The lowest BCUT2D eigenvalue weighted by Crippen LogP contribution is -2.56. The van der Waals surface area contributed by atoms with Gasteiger partial charge in [-0.15, -0.1) is 6.58 Å². The van der Waals surface area contributed by atoms with Gasteiger partial charge in [0, 0.05) is 18.4 Å². The van der Waals surface area contributed by atoms with E-state index in [0.717, 1.165) is 17.6 Å². The number of hydrogen-bond donors (Lipinski definition) is 1. The maximum absolute atomic E-state index is 12.1. The van der Waals surface area contributed by atoms with E-state index >= 15 is 0 Å². The van der Waals surface area contributed by atoms with Gasteiger partial charge in [-0.1, -0.05) is 66.7 Å². The average molecular weight is 637 g/mol. The molecule has 43 heavy (non-hydrogen) atoms. The fraction of sp³-hybridized carbons (Fsp3) is 0.735. The zero-order valence-corrected chi connectivity index (χ0v) is 31.2. The monoisotopic (exact) mass is 636 g/mol. The fourth-order valence-electron chi connectivity index (χ4n) is 4.89. The van der Waals surface area contributed by atoms with E-state index in [1.165, 1.54) is 6.08 Å². The standard InChI is InChI=1S/C34H60O7Si2/c1-15-26(20-35)29(36)28(23-39-42(11,12)32(3,4)5)31(41-43(13,14)33(6,7)8)34(9)30(40-34)24(2)21-38-22-25-16-18-27(37-10)19-17-25/h15-20,24,26,28-31,36H,1,21-23H2,2-14H3/t24-,26-,28-,29+,30+,31-,34-/m0/s1. The van der Waals surface area contributed by atoms with Crippen LogP contribution in [-0.4, -0.2) is 72.3 Å². The summed E-state index contributed by atoms with van der Waals surface area (Å²) < 4.78 is 31.8. The zero-order valence-electron chi connectivity index (χ0n) is 29.2. The predicted molar refractivity (Wildman–Crippen MR) is 180 cm³/mol. The van der Waals surface area contributed by atoms with Gasteiger partial charge in [-0.05, 0) is 60.9 Å². The van der Waals surface area contributed by atoms with Gasteiger partial charge in [0.1, 0.15) is 17.6 Å². The predicted octanol–water partition coefficient (Wildman–Crippen LogP) is 7.40. The highest BCUT2D eigenvalue weighted by Crippen LogP contribution is 2.51. The number of epoxide rings is 1. The molecule has 1 aromatic rings. The summed E-state index contributed by atoms with van der Waals surface area (Å²) in [6.45, 7) is 31.3.